The van der Waals surface area contributed by atoms with Crippen LogP contribution in [0, 0.1) is 11.6 Å². The molecular formula is C14H9F2NO2S. The van der Waals surface area contributed by atoms with Crippen molar-refractivity contribution < 1.29 is 17.2 Å². The van der Waals surface area contributed by atoms with Crippen molar-refractivity contribution in [3.63, 3.8) is 0 Å². The summed E-state index contributed by atoms with van der Waals surface area (Å²) >= 11 is 0. The Morgan fingerprint density at radius 1 is 0.900 bits per heavy atom. The molecule has 6 heteroatoms. The molecule has 0 bridgehead atoms. The van der Waals surface area contributed by atoms with E-state index in [9.17, 15) is 17.2 Å². The Bertz CT molecular complexity index is 829. The minimum absolute atomic E-state index is 0.199. The van der Waals surface area contributed by atoms with E-state index in [4.69, 9.17) is 0 Å². The van der Waals surface area contributed by atoms with Crippen molar-refractivity contribution in [1.29, 1.82) is 0 Å². The number of fused-ring (bicyclic) bond motifs is 1. The fraction of sp³-hybridized carbons (Fsp3) is 0. The second-order valence-electron chi connectivity index (χ2n) is 4.35. The summed E-state index contributed by atoms with van der Waals surface area (Å²) in [5, 5.41) is 3.98. The van der Waals surface area contributed by atoms with E-state index in [1.807, 2.05) is 0 Å². The molecule has 0 aromatic heterocycles. The standard InChI is InChI=1S/C14H9F2NO2S/c15-12-4-3-10(7-13(12)16)17-11-2-1-9-5-6-20(18,19)14(9)8-11/h1-8,17H. The monoisotopic (exact) mass is 293 g/mol. The number of anilines is 2. The minimum Gasteiger partial charge on any atom is -0.355 e. The minimum atomic E-state index is -3.39. The summed E-state index contributed by atoms with van der Waals surface area (Å²) in [6.45, 7) is 0. The molecule has 0 radical (unpaired) electrons. The Hall–Kier alpha value is -2.21. The maximum absolute atomic E-state index is 13.1. The smallest absolute Gasteiger partial charge is 0.200 e. The number of hydrogen-bond acceptors (Lipinski definition) is 3. The highest BCUT2D eigenvalue weighted by atomic mass is 32.2. The normalized spacial score (nSPS) is 15.1. The van der Waals surface area contributed by atoms with Gasteiger partial charge in [-0.15, -0.1) is 0 Å². The van der Waals surface area contributed by atoms with Gasteiger partial charge in [0.2, 0.25) is 9.84 Å². The van der Waals surface area contributed by atoms with Crippen LogP contribution in [0.3, 0.4) is 0 Å². The molecule has 0 unspecified atom stereocenters. The molecule has 102 valence electrons. The SMILES string of the molecule is O=S1(=O)C=Cc2ccc(Nc3ccc(F)c(F)c3)cc21. The van der Waals surface area contributed by atoms with E-state index in [2.05, 4.69) is 5.32 Å². The topological polar surface area (TPSA) is 46.2 Å². The number of halogens is 2. The zero-order valence-corrected chi connectivity index (χ0v) is 10.9. The molecule has 2 aromatic carbocycles. The molecule has 3 rings (SSSR count). The first kappa shape index (κ1) is 12.8. The molecule has 0 spiro atoms. The van der Waals surface area contributed by atoms with Crippen molar-refractivity contribution in [2.45, 2.75) is 4.90 Å². The molecule has 1 aliphatic rings. The van der Waals surface area contributed by atoms with Crippen LogP contribution in [0.1, 0.15) is 5.56 Å². The Morgan fingerprint density at radius 2 is 1.60 bits per heavy atom. The van der Waals surface area contributed by atoms with Gasteiger partial charge in [-0.3, -0.25) is 0 Å². The molecule has 0 saturated carbocycles. The third-order valence-electron chi connectivity index (χ3n) is 2.96. The number of nitrogens with one attached hydrogen (secondary N) is 1. The second kappa shape index (κ2) is 4.42. The Morgan fingerprint density at radius 3 is 2.35 bits per heavy atom. The summed E-state index contributed by atoms with van der Waals surface area (Å²) in [6, 6.07) is 8.17. The molecule has 0 fully saturated rings. The summed E-state index contributed by atoms with van der Waals surface area (Å²) < 4.78 is 49.4. The van der Waals surface area contributed by atoms with Crippen LogP contribution in [-0.4, -0.2) is 8.42 Å². The van der Waals surface area contributed by atoms with Gasteiger partial charge in [-0.2, -0.15) is 0 Å². The average Bonchev–Trinajstić information content (AvgIpc) is 2.70. The summed E-state index contributed by atoms with van der Waals surface area (Å²) in [5.41, 5.74) is 1.44. The highest BCUT2D eigenvalue weighted by Crippen LogP contribution is 2.30. The van der Waals surface area contributed by atoms with Gasteiger partial charge in [0.1, 0.15) is 0 Å². The van der Waals surface area contributed by atoms with E-state index in [1.165, 1.54) is 18.2 Å². The van der Waals surface area contributed by atoms with Gasteiger partial charge in [0.05, 0.1) is 4.90 Å². The third kappa shape index (κ3) is 2.18. The molecule has 1 aliphatic heterocycles. The molecule has 2 aromatic rings. The van der Waals surface area contributed by atoms with E-state index < -0.39 is 21.5 Å². The fourth-order valence-electron chi connectivity index (χ4n) is 1.97. The van der Waals surface area contributed by atoms with Crippen LogP contribution in [-0.2, 0) is 9.84 Å². The maximum atomic E-state index is 13.1. The van der Waals surface area contributed by atoms with Crippen molar-refractivity contribution in [3.05, 3.63) is 59.0 Å². The van der Waals surface area contributed by atoms with E-state index >= 15 is 0 Å². The lowest BCUT2D eigenvalue weighted by Gasteiger charge is -2.08. The van der Waals surface area contributed by atoms with E-state index in [1.54, 1.807) is 12.1 Å². The third-order valence-corrected chi connectivity index (χ3v) is 4.42. The van der Waals surface area contributed by atoms with Gasteiger partial charge in [0, 0.05) is 22.8 Å². The average molecular weight is 293 g/mol. The van der Waals surface area contributed by atoms with Crippen molar-refractivity contribution in [2.24, 2.45) is 0 Å². The summed E-state index contributed by atoms with van der Waals surface area (Å²) in [6.07, 6.45) is 1.52. The number of rotatable bonds is 2. The number of benzene rings is 2. The largest absolute Gasteiger partial charge is 0.355 e. The van der Waals surface area contributed by atoms with E-state index in [0.717, 1.165) is 17.5 Å². The van der Waals surface area contributed by atoms with Crippen LogP contribution in [0.2, 0.25) is 0 Å². The lowest BCUT2D eigenvalue weighted by molar-refractivity contribution is 0.509. The molecule has 0 atom stereocenters. The summed E-state index contributed by atoms with van der Waals surface area (Å²) in [4.78, 5) is 0.199. The van der Waals surface area contributed by atoms with Gasteiger partial charge in [0.25, 0.3) is 0 Å². The van der Waals surface area contributed by atoms with Crippen LogP contribution < -0.4 is 5.32 Å². The molecular weight excluding hydrogens is 284 g/mol. The molecule has 0 amide bonds. The first-order chi connectivity index (χ1) is 9.45. The predicted octanol–water partition coefficient (Wildman–Crippen LogP) is 3.47. The highest BCUT2D eigenvalue weighted by Gasteiger charge is 2.20. The van der Waals surface area contributed by atoms with Crippen molar-refractivity contribution >= 4 is 27.3 Å². The van der Waals surface area contributed by atoms with E-state index in [-0.39, 0.29) is 4.90 Å². The molecule has 0 aliphatic carbocycles. The molecule has 3 nitrogen and oxygen atoms in total. The van der Waals surface area contributed by atoms with Crippen molar-refractivity contribution in [2.75, 3.05) is 5.32 Å². The molecule has 0 saturated heterocycles. The maximum Gasteiger partial charge on any atom is 0.200 e. The van der Waals surface area contributed by atoms with Gasteiger partial charge >= 0.3 is 0 Å². The molecule has 20 heavy (non-hydrogen) atoms. The number of hydrogen-bond donors (Lipinski definition) is 1. The quantitative estimate of drug-likeness (QED) is 0.922. The molecule has 1 N–H and O–H groups in total. The lowest BCUT2D eigenvalue weighted by Crippen LogP contribution is -1.97. The van der Waals surface area contributed by atoms with Gasteiger partial charge in [-0.05, 0) is 35.9 Å². The fourth-order valence-corrected chi connectivity index (χ4v) is 3.20. The highest BCUT2D eigenvalue weighted by molar-refractivity contribution is 7.94. The van der Waals surface area contributed by atoms with Gasteiger partial charge in [-0.1, -0.05) is 6.07 Å². The first-order valence-electron chi connectivity index (χ1n) is 5.75. The van der Waals surface area contributed by atoms with Gasteiger partial charge in [-0.25, -0.2) is 17.2 Å². The second-order valence-corrected chi connectivity index (χ2v) is 6.16. The van der Waals surface area contributed by atoms with Crippen LogP contribution >= 0.6 is 0 Å². The Kier molecular flexibility index (Phi) is 2.83. The number of sulfone groups is 1. The zero-order chi connectivity index (χ0) is 14.3. The Labute approximate surface area is 114 Å². The van der Waals surface area contributed by atoms with Crippen LogP contribution in [0.25, 0.3) is 6.08 Å². The van der Waals surface area contributed by atoms with Gasteiger partial charge < -0.3 is 5.32 Å². The van der Waals surface area contributed by atoms with Crippen molar-refractivity contribution in [3.8, 4) is 0 Å². The van der Waals surface area contributed by atoms with Gasteiger partial charge in [0.15, 0.2) is 11.6 Å². The predicted molar refractivity (Wildman–Crippen MR) is 72.3 cm³/mol. The molecule has 1 heterocycles. The lowest BCUT2D eigenvalue weighted by atomic mass is 10.2. The zero-order valence-electron chi connectivity index (χ0n) is 10.1. The Balaban J connectivity index is 1.95. The van der Waals surface area contributed by atoms with Crippen LogP contribution in [0.4, 0.5) is 20.2 Å². The van der Waals surface area contributed by atoms with Crippen molar-refractivity contribution in [1.82, 2.24) is 0 Å². The summed E-state index contributed by atoms with van der Waals surface area (Å²) in [5.74, 6) is -1.90. The van der Waals surface area contributed by atoms with Crippen LogP contribution in [0.5, 0.6) is 0 Å². The summed E-state index contributed by atoms with van der Waals surface area (Å²) in [7, 11) is -3.39. The first-order valence-corrected chi connectivity index (χ1v) is 7.30. The van der Waals surface area contributed by atoms with Crippen LogP contribution in [0.15, 0.2) is 46.7 Å². The van der Waals surface area contributed by atoms with E-state index in [0.29, 0.717) is 16.9 Å².